The van der Waals surface area contributed by atoms with E-state index in [9.17, 15) is 13.2 Å². The quantitative estimate of drug-likeness (QED) is 0.567. The first-order chi connectivity index (χ1) is 13.3. The van der Waals surface area contributed by atoms with E-state index in [2.05, 4.69) is 26.0 Å². The number of Topliss-reactive ketones (excluding diaryl/α,β-unsaturated/α-hetero) is 1. The lowest BCUT2D eigenvalue weighted by Crippen LogP contribution is -2.26. The number of aromatic nitrogens is 3. The first-order valence-corrected chi connectivity index (χ1v) is 10.4. The van der Waals surface area contributed by atoms with Crippen molar-refractivity contribution in [3.8, 4) is 0 Å². The molecule has 1 heterocycles. The molecule has 8 heteroatoms. The average Bonchev–Trinajstić information content (AvgIpc) is 3.09. The molecule has 0 unspecified atom stereocenters. The van der Waals surface area contributed by atoms with Crippen molar-refractivity contribution in [1.82, 2.24) is 19.9 Å². The molecule has 0 saturated carbocycles. The van der Waals surface area contributed by atoms with E-state index in [1.54, 1.807) is 0 Å². The van der Waals surface area contributed by atoms with Crippen LogP contribution in [0.5, 0.6) is 0 Å². The number of hydrogen-bond donors (Lipinski definition) is 2. The van der Waals surface area contributed by atoms with Crippen LogP contribution in [0.1, 0.15) is 40.1 Å². The van der Waals surface area contributed by atoms with Gasteiger partial charge in [-0.25, -0.2) is 18.1 Å². The van der Waals surface area contributed by atoms with Crippen molar-refractivity contribution in [3.63, 3.8) is 0 Å². The number of carbonyl (C=O) groups excluding carboxylic acids is 1. The molecule has 0 aliphatic carbocycles. The van der Waals surface area contributed by atoms with Gasteiger partial charge in [-0.15, -0.1) is 0 Å². The lowest BCUT2D eigenvalue weighted by Gasteiger charge is -2.06. The van der Waals surface area contributed by atoms with Crippen molar-refractivity contribution in [1.29, 1.82) is 0 Å². The van der Waals surface area contributed by atoms with Crippen LogP contribution in [-0.2, 0) is 22.9 Å². The maximum Gasteiger partial charge on any atom is 0.240 e. The fraction of sp³-hybridized carbons (Fsp3) is 0.250. The Bertz CT molecular complexity index is 1070. The Labute approximate surface area is 164 Å². The number of sulfonamides is 1. The fourth-order valence-corrected chi connectivity index (χ4v) is 3.82. The topological polar surface area (TPSA) is 105 Å². The summed E-state index contributed by atoms with van der Waals surface area (Å²) in [6.07, 6.45) is 1.01. The Morgan fingerprint density at radius 3 is 2.57 bits per heavy atom. The number of hydrogen-bond acceptors (Lipinski definition) is 5. The van der Waals surface area contributed by atoms with Gasteiger partial charge in [0.1, 0.15) is 5.82 Å². The Morgan fingerprint density at radius 2 is 1.89 bits per heavy atom. The van der Waals surface area contributed by atoms with Gasteiger partial charge < -0.3 is 0 Å². The van der Waals surface area contributed by atoms with Crippen LogP contribution in [0.25, 0.3) is 0 Å². The number of aromatic amines is 1. The van der Waals surface area contributed by atoms with Crippen LogP contribution in [0.4, 0.5) is 0 Å². The molecule has 0 fully saturated rings. The second-order valence-corrected chi connectivity index (χ2v) is 8.36. The Morgan fingerprint density at radius 1 is 1.14 bits per heavy atom. The highest BCUT2D eigenvalue weighted by molar-refractivity contribution is 7.89. The van der Waals surface area contributed by atoms with Crippen molar-refractivity contribution in [3.05, 3.63) is 76.9 Å². The first-order valence-electron chi connectivity index (χ1n) is 8.90. The number of rotatable bonds is 8. The largest absolute Gasteiger partial charge is 0.295 e. The van der Waals surface area contributed by atoms with Gasteiger partial charge in [-0.3, -0.25) is 9.89 Å². The summed E-state index contributed by atoms with van der Waals surface area (Å²) >= 11 is 0. The monoisotopic (exact) mass is 398 g/mol. The third-order valence-electron chi connectivity index (χ3n) is 4.24. The van der Waals surface area contributed by atoms with Gasteiger partial charge in [0, 0.05) is 24.9 Å². The summed E-state index contributed by atoms with van der Waals surface area (Å²) in [5.74, 6) is 1.18. The molecule has 2 N–H and O–H groups in total. The number of nitrogens with one attached hydrogen (secondary N) is 2. The van der Waals surface area contributed by atoms with E-state index in [0.717, 1.165) is 11.4 Å². The van der Waals surface area contributed by atoms with Crippen LogP contribution in [0, 0.1) is 6.92 Å². The standard InChI is InChI=1S/C20H22N4O3S/c1-14-4-3-5-16(12-14)13-20-22-19(23-24-20)10-11-21-28(26,27)18-8-6-17(7-9-18)15(2)25/h3-9,12,21H,10-11,13H2,1-2H3,(H,22,23,24). The molecule has 2 aromatic carbocycles. The SMILES string of the molecule is CC(=O)c1ccc(S(=O)(=O)NCCc2n[nH]c(Cc3cccc(C)c3)n2)cc1. The van der Waals surface area contributed by atoms with Gasteiger partial charge in [0.2, 0.25) is 10.0 Å². The fourth-order valence-electron chi connectivity index (χ4n) is 2.79. The summed E-state index contributed by atoms with van der Waals surface area (Å²) in [6, 6.07) is 14.0. The van der Waals surface area contributed by atoms with E-state index < -0.39 is 10.0 Å². The molecule has 0 atom stereocenters. The number of benzene rings is 2. The number of carbonyl (C=O) groups is 1. The van der Waals surface area contributed by atoms with E-state index in [4.69, 9.17) is 0 Å². The maximum absolute atomic E-state index is 12.3. The van der Waals surface area contributed by atoms with Gasteiger partial charge in [-0.1, -0.05) is 42.0 Å². The molecule has 0 aliphatic heterocycles. The van der Waals surface area contributed by atoms with E-state index in [0.29, 0.717) is 24.2 Å². The molecule has 0 bridgehead atoms. The van der Waals surface area contributed by atoms with Crippen molar-refractivity contribution in [2.45, 2.75) is 31.6 Å². The molecule has 28 heavy (non-hydrogen) atoms. The third-order valence-corrected chi connectivity index (χ3v) is 5.72. The second-order valence-electron chi connectivity index (χ2n) is 6.59. The minimum Gasteiger partial charge on any atom is -0.295 e. The highest BCUT2D eigenvalue weighted by Crippen LogP contribution is 2.11. The predicted molar refractivity (Wildman–Crippen MR) is 106 cm³/mol. The van der Waals surface area contributed by atoms with Crippen LogP contribution in [0.3, 0.4) is 0 Å². The first kappa shape index (κ1) is 19.9. The van der Waals surface area contributed by atoms with E-state index >= 15 is 0 Å². The lowest BCUT2D eigenvalue weighted by atomic mass is 10.1. The number of aryl methyl sites for hydroxylation is 1. The summed E-state index contributed by atoms with van der Waals surface area (Å²) in [7, 11) is -3.65. The molecule has 7 nitrogen and oxygen atoms in total. The van der Waals surface area contributed by atoms with Crippen LogP contribution in [0.2, 0.25) is 0 Å². The number of nitrogens with zero attached hydrogens (tertiary/aromatic N) is 2. The van der Waals surface area contributed by atoms with E-state index in [-0.39, 0.29) is 17.2 Å². The zero-order chi connectivity index (χ0) is 20.1. The van der Waals surface area contributed by atoms with Crippen molar-refractivity contribution < 1.29 is 13.2 Å². The van der Waals surface area contributed by atoms with Gasteiger partial charge in [0.05, 0.1) is 4.90 Å². The number of ketones is 1. The molecule has 1 aromatic heterocycles. The van der Waals surface area contributed by atoms with Gasteiger partial charge in [0.15, 0.2) is 11.6 Å². The Kier molecular flexibility index (Phi) is 6.01. The van der Waals surface area contributed by atoms with Gasteiger partial charge in [0.25, 0.3) is 0 Å². The molecule has 0 amide bonds. The normalized spacial score (nSPS) is 11.5. The van der Waals surface area contributed by atoms with Crippen molar-refractivity contribution in [2.75, 3.05) is 6.54 Å². The lowest BCUT2D eigenvalue weighted by molar-refractivity contribution is 0.101. The summed E-state index contributed by atoms with van der Waals surface area (Å²) < 4.78 is 27.2. The maximum atomic E-state index is 12.3. The Hall–Kier alpha value is -2.84. The summed E-state index contributed by atoms with van der Waals surface area (Å²) in [4.78, 5) is 15.8. The summed E-state index contributed by atoms with van der Waals surface area (Å²) in [6.45, 7) is 3.65. The highest BCUT2D eigenvalue weighted by atomic mass is 32.2. The van der Waals surface area contributed by atoms with Crippen LogP contribution >= 0.6 is 0 Å². The van der Waals surface area contributed by atoms with Crippen molar-refractivity contribution >= 4 is 15.8 Å². The van der Waals surface area contributed by atoms with Gasteiger partial charge in [-0.2, -0.15) is 5.10 Å². The molecule has 0 spiro atoms. The van der Waals surface area contributed by atoms with Crippen LogP contribution < -0.4 is 4.72 Å². The van der Waals surface area contributed by atoms with Gasteiger partial charge in [-0.05, 0) is 31.5 Å². The summed E-state index contributed by atoms with van der Waals surface area (Å²) in [5.41, 5.74) is 2.79. The average molecular weight is 398 g/mol. The zero-order valence-corrected chi connectivity index (χ0v) is 16.6. The number of H-pyrrole nitrogens is 1. The molecule has 146 valence electrons. The molecule has 3 aromatic rings. The minimum atomic E-state index is -3.65. The summed E-state index contributed by atoms with van der Waals surface area (Å²) in [5, 5.41) is 7.05. The molecule has 0 aliphatic rings. The zero-order valence-electron chi connectivity index (χ0n) is 15.8. The minimum absolute atomic E-state index is 0.108. The molecular formula is C20H22N4O3S. The van der Waals surface area contributed by atoms with E-state index in [1.807, 2.05) is 25.1 Å². The molecule has 0 saturated heterocycles. The molecule has 3 rings (SSSR count). The van der Waals surface area contributed by atoms with Gasteiger partial charge >= 0.3 is 0 Å². The Balaban J connectivity index is 1.56. The third kappa shape index (κ3) is 5.11. The smallest absolute Gasteiger partial charge is 0.240 e. The van der Waals surface area contributed by atoms with Crippen LogP contribution in [-0.4, -0.2) is 35.9 Å². The van der Waals surface area contributed by atoms with Crippen LogP contribution in [0.15, 0.2) is 53.4 Å². The second kappa shape index (κ2) is 8.45. The molecular weight excluding hydrogens is 376 g/mol. The predicted octanol–water partition coefficient (Wildman–Crippen LogP) is 2.43. The molecule has 0 radical (unpaired) electrons. The van der Waals surface area contributed by atoms with Crippen molar-refractivity contribution in [2.24, 2.45) is 0 Å². The highest BCUT2D eigenvalue weighted by Gasteiger charge is 2.14. The van der Waals surface area contributed by atoms with E-state index in [1.165, 1.54) is 36.8 Å².